The molecule has 48 heavy (non-hydrogen) atoms. The second-order valence-corrected chi connectivity index (χ2v) is 16.3. The van der Waals surface area contributed by atoms with Crippen molar-refractivity contribution < 1.29 is 22.7 Å². The summed E-state index contributed by atoms with van der Waals surface area (Å²) in [5.74, 6) is -0.416. The second-order valence-electron chi connectivity index (χ2n) is 11.7. The van der Waals surface area contributed by atoms with Gasteiger partial charge in [-0.25, -0.2) is 13.2 Å². The Labute approximate surface area is 297 Å². The highest BCUT2D eigenvalue weighted by atomic mass is 79.9. The third-order valence-corrected chi connectivity index (χ3v) is 13.6. The quantitative estimate of drug-likeness (QED) is 0.140. The van der Waals surface area contributed by atoms with Crippen LogP contribution in [0.25, 0.3) is 10.1 Å². The van der Waals surface area contributed by atoms with E-state index >= 15 is 0 Å². The molecule has 0 radical (unpaired) electrons. The number of benzene rings is 3. The van der Waals surface area contributed by atoms with Crippen molar-refractivity contribution in [1.82, 2.24) is 4.90 Å². The van der Waals surface area contributed by atoms with E-state index in [0.29, 0.717) is 52.6 Å². The normalized spacial score (nSPS) is 14.3. The van der Waals surface area contributed by atoms with Crippen LogP contribution in [-0.2, 0) is 14.8 Å². The Balaban J connectivity index is 1.39. The fraction of sp³-hybridized carbons (Fsp3) is 0.278. The summed E-state index contributed by atoms with van der Waals surface area (Å²) in [4.78, 5) is 31.2. The molecule has 3 aromatic carbocycles. The number of fused-ring (bicyclic) bond motifs is 1. The third-order valence-electron chi connectivity index (χ3n) is 8.67. The number of para-hydroxylation sites is 2. The molecule has 1 saturated heterocycles. The number of halogens is 1. The Morgan fingerprint density at radius 3 is 2.33 bits per heavy atom. The molecular weight excluding hydrogens is 731 g/mol. The van der Waals surface area contributed by atoms with Crippen LogP contribution in [0.4, 0.5) is 11.4 Å². The van der Waals surface area contributed by atoms with Gasteiger partial charge in [0.25, 0.3) is 15.9 Å². The molecule has 6 rings (SSSR count). The molecule has 1 aliphatic rings. The zero-order valence-corrected chi connectivity index (χ0v) is 31.1. The number of hydrogen-bond donors (Lipinski definition) is 0. The maximum Gasteiger partial charge on any atom is 0.348 e. The number of piperazine rings is 1. The van der Waals surface area contributed by atoms with E-state index in [2.05, 4.69) is 20.8 Å². The van der Waals surface area contributed by atoms with Crippen molar-refractivity contribution in [2.75, 3.05) is 42.0 Å². The monoisotopic (exact) mass is 765 g/mol. The first kappa shape index (κ1) is 34.2. The summed E-state index contributed by atoms with van der Waals surface area (Å²) >= 11 is 6.20. The van der Waals surface area contributed by atoms with Crippen LogP contribution in [-0.4, -0.2) is 58.0 Å². The molecule has 1 atom stereocenters. The van der Waals surface area contributed by atoms with Gasteiger partial charge in [0.1, 0.15) is 9.75 Å². The van der Waals surface area contributed by atoms with Crippen LogP contribution < -0.4 is 9.21 Å². The first-order chi connectivity index (χ1) is 23.0. The van der Waals surface area contributed by atoms with E-state index in [4.69, 9.17) is 4.74 Å². The molecule has 0 spiro atoms. The van der Waals surface area contributed by atoms with Crippen LogP contribution in [0.5, 0.6) is 0 Å². The predicted molar refractivity (Wildman–Crippen MR) is 198 cm³/mol. The predicted octanol–water partition coefficient (Wildman–Crippen LogP) is 8.44. The number of ether oxygens (including phenoxy) is 1. The highest BCUT2D eigenvalue weighted by Gasteiger charge is 2.34. The van der Waals surface area contributed by atoms with Gasteiger partial charge in [0.05, 0.1) is 28.9 Å². The number of carbonyl (C=O) groups excluding carboxylic acids is 2. The number of anilines is 2. The molecule has 250 valence electrons. The molecule has 2 aromatic heterocycles. The number of esters is 1. The lowest BCUT2D eigenvalue weighted by atomic mass is 10.1. The summed E-state index contributed by atoms with van der Waals surface area (Å²) in [7, 11) is -4.13. The Hall–Kier alpha value is -3.71. The first-order valence-corrected chi connectivity index (χ1v) is 19.6. The number of nitrogens with zero attached hydrogens (tertiary/aromatic N) is 3. The number of sulfonamides is 1. The molecular formula is C36H36BrN3O5S3. The van der Waals surface area contributed by atoms with Gasteiger partial charge in [-0.1, -0.05) is 42.0 Å². The van der Waals surface area contributed by atoms with Crippen molar-refractivity contribution in [1.29, 1.82) is 0 Å². The Morgan fingerprint density at radius 2 is 1.67 bits per heavy atom. The topological polar surface area (TPSA) is 87.2 Å². The van der Waals surface area contributed by atoms with Gasteiger partial charge in [0.2, 0.25) is 0 Å². The molecule has 1 unspecified atom stereocenters. The SMILES string of the molecule is CCOC(=O)c1sc2ccc(S(=O)(=O)N(c3ccccc3N3CCN(C(=O)c4sccc4Br)CC3)C(C)c3ccc(C)cc3)cc2c1C. The zero-order valence-electron chi connectivity index (χ0n) is 27.1. The maximum atomic E-state index is 14.9. The van der Waals surface area contributed by atoms with E-state index in [-0.39, 0.29) is 17.4 Å². The largest absolute Gasteiger partial charge is 0.462 e. The van der Waals surface area contributed by atoms with Gasteiger partial charge in [0, 0.05) is 35.4 Å². The molecule has 0 saturated carbocycles. The molecule has 8 nitrogen and oxygen atoms in total. The van der Waals surface area contributed by atoms with Crippen LogP contribution in [0.1, 0.15) is 55.9 Å². The van der Waals surface area contributed by atoms with E-state index in [0.717, 1.165) is 26.0 Å². The molecule has 1 aliphatic heterocycles. The summed E-state index contributed by atoms with van der Waals surface area (Å²) in [5, 5.41) is 2.60. The zero-order chi connectivity index (χ0) is 34.2. The highest BCUT2D eigenvalue weighted by Crippen LogP contribution is 2.41. The van der Waals surface area contributed by atoms with Crippen molar-refractivity contribution >= 4 is 82.0 Å². The Kier molecular flexibility index (Phi) is 9.98. The standard InChI is InChI=1S/C36H36BrN3O5S3/c1-5-45-36(42)33-24(3)28-22-27(14-15-32(28)47-33)48(43,44)40(25(4)26-12-10-23(2)11-13-26)31-9-7-6-8-30(31)38-17-19-39(20-18-38)35(41)34-29(37)16-21-46-34/h6-16,21-22,25H,5,17-20H2,1-4H3. The van der Waals surface area contributed by atoms with E-state index in [1.165, 1.54) is 27.0 Å². The van der Waals surface area contributed by atoms with Gasteiger partial charge < -0.3 is 14.5 Å². The van der Waals surface area contributed by atoms with E-state index < -0.39 is 22.0 Å². The van der Waals surface area contributed by atoms with E-state index in [9.17, 15) is 18.0 Å². The van der Waals surface area contributed by atoms with Gasteiger partial charge in [-0.15, -0.1) is 22.7 Å². The van der Waals surface area contributed by atoms with Gasteiger partial charge in [-0.3, -0.25) is 9.10 Å². The Morgan fingerprint density at radius 1 is 0.958 bits per heavy atom. The lowest BCUT2D eigenvalue weighted by Gasteiger charge is -2.39. The smallest absolute Gasteiger partial charge is 0.348 e. The molecule has 12 heteroatoms. The molecule has 0 bridgehead atoms. The first-order valence-electron chi connectivity index (χ1n) is 15.7. The minimum atomic E-state index is -4.13. The summed E-state index contributed by atoms with van der Waals surface area (Å²) < 4.78 is 38.2. The summed E-state index contributed by atoms with van der Waals surface area (Å²) in [5.41, 5.74) is 3.97. The van der Waals surface area contributed by atoms with Gasteiger partial charge in [0.15, 0.2) is 0 Å². The number of hydrogen-bond acceptors (Lipinski definition) is 8. The highest BCUT2D eigenvalue weighted by molar-refractivity contribution is 9.10. The van der Waals surface area contributed by atoms with Crippen molar-refractivity contribution in [3.8, 4) is 0 Å². The number of aryl methyl sites for hydroxylation is 2. The van der Waals surface area contributed by atoms with Crippen molar-refractivity contribution in [2.24, 2.45) is 0 Å². The summed E-state index contributed by atoms with van der Waals surface area (Å²) in [6, 6.07) is 21.9. The number of thiophene rings is 2. The van der Waals surface area contributed by atoms with Crippen LogP contribution in [0.3, 0.4) is 0 Å². The second kappa shape index (κ2) is 14.0. The lowest BCUT2D eigenvalue weighted by Crippen LogP contribution is -2.49. The maximum absolute atomic E-state index is 14.9. The molecule has 3 heterocycles. The molecule has 0 aliphatic carbocycles. The molecule has 0 N–H and O–H groups in total. The summed E-state index contributed by atoms with van der Waals surface area (Å²) in [6.45, 7) is 9.87. The molecule has 5 aromatic rings. The van der Waals surface area contributed by atoms with Crippen molar-refractivity contribution in [3.63, 3.8) is 0 Å². The average molecular weight is 767 g/mol. The third kappa shape index (κ3) is 6.50. The minimum Gasteiger partial charge on any atom is -0.462 e. The number of carbonyl (C=O) groups is 2. The molecule has 1 fully saturated rings. The van der Waals surface area contributed by atoms with Crippen LogP contribution in [0.15, 0.2) is 87.5 Å². The van der Waals surface area contributed by atoms with Gasteiger partial charge in [-0.05, 0) is 102 Å². The Bertz CT molecular complexity index is 2080. The number of amides is 1. The lowest BCUT2D eigenvalue weighted by molar-refractivity contribution is 0.0531. The van der Waals surface area contributed by atoms with Crippen LogP contribution in [0.2, 0.25) is 0 Å². The van der Waals surface area contributed by atoms with Crippen molar-refractivity contribution in [2.45, 2.75) is 38.6 Å². The number of rotatable bonds is 9. The van der Waals surface area contributed by atoms with E-state index in [1.807, 2.05) is 85.6 Å². The average Bonchev–Trinajstić information content (AvgIpc) is 3.67. The van der Waals surface area contributed by atoms with E-state index in [1.54, 1.807) is 25.1 Å². The van der Waals surface area contributed by atoms with Gasteiger partial charge >= 0.3 is 5.97 Å². The van der Waals surface area contributed by atoms with Gasteiger partial charge in [-0.2, -0.15) is 0 Å². The van der Waals surface area contributed by atoms with Crippen LogP contribution >= 0.6 is 38.6 Å². The minimum absolute atomic E-state index is 0.00719. The van der Waals surface area contributed by atoms with Crippen molar-refractivity contribution in [3.05, 3.63) is 109 Å². The fourth-order valence-electron chi connectivity index (χ4n) is 6.05. The summed E-state index contributed by atoms with van der Waals surface area (Å²) in [6.07, 6.45) is 0. The fourth-order valence-corrected chi connectivity index (χ4v) is 10.3. The van der Waals surface area contributed by atoms with Crippen LogP contribution in [0, 0.1) is 13.8 Å². The molecule has 1 amide bonds.